The fraction of sp³-hybridized carbons (Fsp3) is 0.765. The zero-order valence-corrected chi connectivity index (χ0v) is 15.9. The van der Waals surface area contributed by atoms with E-state index in [0.29, 0.717) is 12.8 Å². The number of sulfone groups is 1. The molecule has 24 heavy (non-hydrogen) atoms. The first-order chi connectivity index (χ1) is 10.9. The quantitative estimate of drug-likeness (QED) is 0.893. The molecule has 1 aliphatic carbocycles. The van der Waals surface area contributed by atoms with Crippen LogP contribution in [0.1, 0.15) is 77.7 Å². The lowest BCUT2D eigenvalue weighted by molar-refractivity contribution is -0.119. The maximum atomic E-state index is 12.8. The van der Waals surface area contributed by atoms with E-state index in [9.17, 15) is 13.2 Å². The molecule has 2 atom stereocenters. The van der Waals surface area contributed by atoms with Gasteiger partial charge in [0, 0.05) is 17.4 Å². The van der Waals surface area contributed by atoms with Crippen LogP contribution in [0.15, 0.2) is 10.6 Å². The van der Waals surface area contributed by atoms with Gasteiger partial charge in [0.25, 0.3) is 0 Å². The minimum atomic E-state index is -3.66. The molecule has 1 aromatic rings. The summed E-state index contributed by atoms with van der Waals surface area (Å²) in [6, 6.07) is 1.93. The van der Waals surface area contributed by atoms with Crippen molar-refractivity contribution in [2.45, 2.75) is 81.6 Å². The lowest BCUT2D eigenvalue weighted by Gasteiger charge is -2.32. The van der Waals surface area contributed by atoms with E-state index in [4.69, 9.17) is 10.3 Å². The molecule has 0 saturated heterocycles. The van der Waals surface area contributed by atoms with Crippen LogP contribution in [0.25, 0.3) is 0 Å². The van der Waals surface area contributed by atoms with Crippen molar-refractivity contribution in [3.8, 4) is 0 Å². The van der Waals surface area contributed by atoms with Crippen LogP contribution in [-0.2, 0) is 20.0 Å². The molecule has 1 amide bonds. The molecule has 7 heteroatoms. The van der Waals surface area contributed by atoms with Gasteiger partial charge in [-0.1, -0.05) is 32.3 Å². The Hall–Kier alpha value is -1.37. The summed E-state index contributed by atoms with van der Waals surface area (Å²) in [7, 11) is -3.66. The van der Waals surface area contributed by atoms with Crippen LogP contribution in [0, 0.1) is 0 Å². The summed E-state index contributed by atoms with van der Waals surface area (Å²) in [5, 5.41) is 3.58. The Bertz CT molecular complexity index is 713. The Morgan fingerprint density at radius 1 is 1.25 bits per heavy atom. The van der Waals surface area contributed by atoms with Gasteiger partial charge in [-0.05, 0) is 33.1 Å². The van der Waals surface area contributed by atoms with Gasteiger partial charge < -0.3 is 10.3 Å². The Balaban J connectivity index is 2.24. The molecule has 0 spiro atoms. The van der Waals surface area contributed by atoms with Gasteiger partial charge in [-0.2, -0.15) is 0 Å². The first kappa shape index (κ1) is 19.0. The zero-order valence-electron chi connectivity index (χ0n) is 15.1. The molecule has 6 nitrogen and oxygen atoms in total. The summed E-state index contributed by atoms with van der Waals surface area (Å²) in [5.74, 6) is 0.0167. The standard InChI is InChI=1S/C17H28N2O4S/c1-16(2,3)14-10-13(19-23-14)11-7-6-8-12(9-11)24(21,22)17(4,5)15(18)20/h10-12H,6-9H2,1-5H3,(H2,18,20). The summed E-state index contributed by atoms with van der Waals surface area (Å²) >= 11 is 0. The number of aromatic nitrogens is 1. The molecule has 1 aliphatic rings. The van der Waals surface area contributed by atoms with Crippen molar-refractivity contribution < 1.29 is 17.7 Å². The van der Waals surface area contributed by atoms with E-state index < -0.39 is 25.7 Å². The van der Waals surface area contributed by atoms with Crippen LogP contribution in [0.4, 0.5) is 0 Å². The molecule has 2 unspecified atom stereocenters. The van der Waals surface area contributed by atoms with E-state index in [1.807, 2.05) is 26.8 Å². The monoisotopic (exact) mass is 356 g/mol. The van der Waals surface area contributed by atoms with Crippen molar-refractivity contribution >= 4 is 15.7 Å². The molecule has 1 aromatic heterocycles. The Morgan fingerprint density at radius 3 is 2.38 bits per heavy atom. The van der Waals surface area contributed by atoms with E-state index in [1.165, 1.54) is 13.8 Å². The number of primary amides is 1. The highest BCUT2D eigenvalue weighted by Gasteiger charge is 2.46. The molecular weight excluding hydrogens is 328 g/mol. The predicted octanol–water partition coefficient (Wildman–Crippen LogP) is 2.68. The van der Waals surface area contributed by atoms with E-state index in [1.54, 1.807) is 0 Å². The highest BCUT2D eigenvalue weighted by Crippen LogP contribution is 2.39. The summed E-state index contributed by atoms with van der Waals surface area (Å²) < 4.78 is 29.6. The SMILES string of the molecule is CC(C)(C)c1cc(C2CCCC(S(=O)(=O)C(C)(C)C(N)=O)C2)no1. The van der Waals surface area contributed by atoms with Crippen LogP contribution in [0.3, 0.4) is 0 Å². The Kier molecular flexibility index (Phi) is 4.87. The number of carbonyl (C=O) groups excluding carboxylic acids is 1. The molecule has 136 valence electrons. The molecule has 0 aromatic carbocycles. The van der Waals surface area contributed by atoms with Gasteiger partial charge in [0.1, 0.15) is 10.5 Å². The molecule has 1 fully saturated rings. The maximum absolute atomic E-state index is 12.8. The van der Waals surface area contributed by atoms with E-state index in [-0.39, 0.29) is 11.3 Å². The topological polar surface area (TPSA) is 103 Å². The summed E-state index contributed by atoms with van der Waals surface area (Å²) in [4.78, 5) is 11.6. The van der Waals surface area contributed by atoms with Gasteiger partial charge >= 0.3 is 0 Å². The lowest BCUT2D eigenvalue weighted by atomic mass is 9.85. The van der Waals surface area contributed by atoms with Gasteiger partial charge in [0.2, 0.25) is 5.91 Å². The van der Waals surface area contributed by atoms with Crippen LogP contribution in [0.5, 0.6) is 0 Å². The third-order valence-corrected chi connectivity index (χ3v) is 7.99. The van der Waals surface area contributed by atoms with E-state index >= 15 is 0 Å². The minimum Gasteiger partial charge on any atom is -0.368 e. The molecule has 0 radical (unpaired) electrons. The molecule has 0 aliphatic heterocycles. The number of carbonyl (C=O) groups is 1. The van der Waals surface area contributed by atoms with Crippen LogP contribution in [-0.4, -0.2) is 29.5 Å². The molecular formula is C17H28N2O4S. The molecule has 1 heterocycles. The van der Waals surface area contributed by atoms with Crippen LogP contribution >= 0.6 is 0 Å². The zero-order chi connectivity index (χ0) is 18.3. The van der Waals surface area contributed by atoms with Crippen molar-refractivity contribution in [2.75, 3.05) is 0 Å². The van der Waals surface area contributed by atoms with E-state index in [0.717, 1.165) is 24.3 Å². The van der Waals surface area contributed by atoms with Gasteiger partial charge in [0.05, 0.1) is 10.9 Å². The Morgan fingerprint density at radius 2 is 1.88 bits per heavy atom. The average molecular weight is 356 g/mol. The predicted molar refractivity (Wildman–Crippen MR) is 92.4 cm³/mol. The number of rotatable bonds is 4. The van der Waals surface area contributed by atoms with E-state index in [2.05, 4.69) is 5.16 Å². The fourth-order valence-electron chi connectivity index (χ4n) is 3.09. The molecule has 1 saturated carbocycles. The van der Waals surface area contributed by atoms with Crippen molar-refractivity contribution in [1.29, 1.82) is 0 Å². The number of nitrogens with two attached hydrogens (primary N) is 1. The largest absolute Gasteiger partial charge is 0.368 e. The first-order valence-electron chi connectivity index (χ1n) is 8.38. The smallest absolute Gasteiger partial charge is 0.238 e. The summed E-state index contributed by atoms with van der Waals surface area (Å²) in [6.07, 6.45) is 2.66. The first-order valence-corrected chi connectivity index (χ1v) is 9.92. The normalized spacial score (nSPS) is 23.2. The number of hydrogen-bond donors (Lipinski definition) is 1. The van der Waals surface area contributed by atoms with Crippen LogP contribution < -0.4 is 5.73 Å². The van der Waals surface area contributed by atoms with Crippen molar-refractivity contribution in [3.05, 3.63) is 17.5 Å². The summed E-state index contributed by atoms with van der Waals surface area (Å²) in [5.41, 5.74) is 5.98. The van der Waals surface area contributed by atoms with Crippen molar-refractivity contribution in [3.63, 3.8) is 0 Å². The van der Waals surface area contributed by atoms with Crippen molar-refractivity contribution in [1.82, 2.24) is 5.16 Å². The van der Waals surface area contributed by atoms with Gasteiger partial charge in [-0.3, -0.25) is 4.79 Å². The molecule has 2 rings (SSSR count). The lowest BCUT2D eigenvalue weighted by Crippen LogP contribution is -2.50. The number of nitrogens with zero attached hydrogens (tertiary/aromatic N) is 1. The fourth-order valence-corrected chi connectivity index (χ4v) is 5.16. The number of amides is 1. The highest BCUT2D eigenvalue weighted by molar-refractivity contribution is 7.94. The van der Waals surface area contributed by atoms with Gasteiger partial charge in [0.15, 0.2) is 9.84 Å². The maximum Gasteiger partial charge on any atom is 0.238 e. The van der Waals surface area contributed by atoms with Gasteiger partial charge in [-0.25, -0.2) is 8.42 Å². The molecule has 2 N–H and O–H groups in total. The minimum absolute atomic E-state index is 0.0297. The second kappa shape index (κ2) is 6.17. The van der Waals surface area contributed by atoms with Gasteiger partial charge in [-0.15, -0.1) is 0 Å². The average Bonchev–Trinajstić information content (AvgIpc) is 2.97. The number of hydrogen-bond acceptors (Lipinski definition) is 5. The van der Waals surface area contributed by atoms with Crippen LogP contribution in [0.2, 0.25) is 0 Å². The molecule has 0 bridgehead atoms. The second-order valence-corrected chi connectivity index (χ2v) is 11.0. The third kappa shape index (κ3) is 3.36. The highest BCUT2D eigenvalue weighted by atomic mass is 32.2. The summed E-state index contributed by atoms with van der Waals surface area (Å²) in [6.45, 7) is 8.91. The third-order valence-electron chi connectivity index (χ3n) is 5.06. The second-order valence-electron chi connectivity index (χ2n) is 8.27. The van der Waals surface area contributed by atoms with Crippen molar-refractivity contribution in [2.24, 2.45) is 5.73 Å². The Labute approximate surface area is 144 Å².